The average Bonchev–Trinajstić information content (AvgIpc) is 2.29. The van der Waals surface area contributed by atoms with Crippen LogP contribution in [0.1, 0.15) is 32.4 Å². The summed E-state index contributed by atoms with van der Waals surface area (Å²) in [5.41, 5.74) is 0.699. The van der Waals surface area contributed by atoms with Crippen molar-refractivity contribution in [3.05, 3.63) is 29.8 Å². The third-order valence-corrected chi connectivity index (χ3v) is 3.28. The van der Waals surface area contributed by atoms with Crippen molar-refractivity contribution in [2.45, 2.75) is 26.9 Å². The Labute approximate surface area is 107 Å². The number of nitrogens with one attached hydrogen (secondary N) is 1. The lowest BCUT2D eigenvalue weighted by Crippen LogP contribution is -2.32. The largest absolute Gasteiger partial charge is 0.389 e. The van der Waals surface area contributed by atoms with Crippen LogP contribution in [0.25, 0.3) is 0 Å². The number of carbonyl (C=O) groups is 1. The van der Waals surface area contributed by atoms with Crippen LogP contribution < -0.4 is 5.32 Å². The highest BCUT2D eigenvalue weighted by Gasteiger charge is 2.27. The maximum absolute atomic E-state index is 12.0. The normalized spacial score (nSPS) is 13.2. The predicted octanol–water partition coefficient (Wildman–Crippen LogP) is 2.94. The highest BCUT2D eigenvalue weighted by Crippen LogP contribution is 2.25. The van der Waals surface area contributed by atoms with Crippen LogP contribution in [-0.4, -0.2) is 16.9 Å². The average molecular weight is 256 g/mol. The molecule has 0 saturated carbocycles. The van der Waals surface area contributed by atoms with Gasteiger partial charge in [-0.2, -0.15) is 0 Å². The second-order valence-electron chi connectivity index (χ2n) is 4.73. The highest BCUT2D eigenvalue weighted by atomic mass is 35.5. The molecule has 0 aliphatic carbocycles. The van der Waals surface area contributed by atoms with Crippen molar-refractivity contribution in [2.75, 3.05) is 11.2 Å². The number of para-hydroxylation sites is 1. The number of aliphatic hydroxyl groups is 1. The zero-order valence-corrected chi connectivity index (χ0v) is 11.1. The molecule has 0 bridgehead atoms. The maximum atomic E-state index is 12.0. The zero-order chi connectivity index (χ0) is 13.1. The molecule has 1 unspecified atom stereocenters. The van der Waals surface area contributed by atoms with Gasteiger partial charge in [0, 0.05) is 17.1 Å². The topological polar surface area (TPSA) is 49.3 Å². The third-order valence-electron chi connectivity index (χ3n) is 2.61. The van der Waals surface area contributed by atoms with Gasteiger partial charge >= 0.3 is 0 Å². The Balaban J connectivity index is 2.93. The van der Waals surface area contributed by atoms with Crippen LogP contribution in [0.2, 0.25) is 0 Å². The molecule has 0 aliphatic heterocycles. The summed E-state index contributed by atoms with van der Waals surface area (Å²) in [7, 11) is 0. The number of hydrogen-bond acceptors (Lipinski definition) is 2. The van der Waals surface area contributed by atoms with E-state index in [-0.39, 0.29) is 11.8 Å². The van der Waals surface area contributed by atoms with E-state index >= 15 is 0 Å². The first-order valence-electron chi connectivity index (χ1n) is 5.53. The van der Waals surface area contributed by atoms with E-state index in [0.29, 0.717) is 11.3 Å². The van der Waals surface area contributed by atoms with Crippen LogP contribution >= 0.6 is 11.6 Å². The summed E-state index contributed by atoms with van der Waals surface area (Å²) in [5.74, 6) is 0.0935. The lowest BCUT2D eigenvalue weighted by Gasteiger charge is -2.22. The van der Waals surface area contributed by atoms with Crippen molar-refractivity contribution in [3.8, 4) is 0 Å². The smallest absolute Gasteiger partial charge is 0.231 e. The summed E-state index contributed by atoms with van der Waals surface area (Å²) in [4.78, 5) is 12.0. The molecular weight excluding hydrogens is 238 g/mol. The summed E-state index contributed by atoms with van der Waals surface area (Å²) < 4.78 is 0. The number of anilines is 1. The molecule has 1 atom stereocenters. The van der Waals surface area contributed by atoms with Crippen LogP contribution in [0.4, 0.5) is 5.69 Å². The van der Waals surface area contributed by atoms with Crippen LogP contribution in [-0.2, 0) is 4.79 Å². The minimum atomic E-state index is -0.632. The van der Waals surface area contributed by atoms with E-state index < -0.39 is 11.5 Å². The molecule has 0 spiro atoms. The molecule has 2 N–H and O–H groups in total. The van der Waals surface area contributed by atoms with Crippen LogP contribution in [0.15, 0.2) is 24.3 Å². The Kier molecular flexibility index (Phi) is 4.54. The number of benzene rings is 1. The van der Waals surface area contributed by atoms with E-state index in [1.807, 2.05) is 12.1 Å². The van der Waals surface area contributed by atoms with E-state index in [1.54, 1.807) is 32.9 Å². The first-order chi connectivity index (χ1) is 7.88. The van der Waals surface area contributed by atoms with Gasteiger partial charge in [-0.25, -0.2) is 0 Å². The Hall–Kier alpha value is -1.06. The molecule has 0 aliphatic rings. The van der Waals surface area contributed by atoms with Crippen molar-refractivity contribution >= 4 is 23.2 Å². The van der Waals surface area contributed by atoms with Crippen molar-refractivity contribution in [3.63, 3.8) is 0 Å². The molecule has 17 heavy (non-hydrogen) atoms. The molecule has 1 aromatic carbocycles. The molecule has 94 valence electrons. The fraction of sp³-hybridized carbons (Fsp3) is 0.462. The van der Waals surface area contributed by atoms with Gasteiger partial charge in [0.1, 0.15) is 0 Å². The second-order valence-corrected chi connectivity index (χ2v) is 5.00. The van der Waals surface area contributed by atoms with Crippen molar-refractivity contribution in [2.24, 2.45) is 5.41 Å². The van der Waals surface area contributed by atoms with Gasteiger partial charge in [-0.1, -0.05) is 18.2 Å². The Morgan fingerprint density at radius 2 is 2.06 bits per heavy atom. The second kappa shape index (κ2) is 5.52. The lowest BCUT2D eigenvalue weighted by molar-refractivity contribution is -0.122. The fourth-order valence-electron chi connectivity index (χ4n) is 1.33. The number of aliphatic hydroxyl groups excluding tert-OH is 1. The van der Waals surface area contributed by atoms with E-state index in [0.717, 1.165) is 0 Å². The van der Waals surface area contributed by atoms with Crippen LogP contribution in [0.3, 0.4) is 0 Å². The van der Waals surface area contributed by atoms with E-state index in [4.69, 9.17) is 11.6 Å². The van der Waals surface area contributed by atoms with Crippen LogP contribution in [0.5, 0.6) is 0 Å². The highest BCUT2D eigenvalue weighted by molar-refractivity contribution is 6.20. The molecule has 0 aromatic heterocycles. The van der Waals surface area contributed by atoms with Gasteiger partial charge in [-0.15, -0.1) is 11.6 Å². The number of carbonyl (C=O) groups excluding carboxylic acids is 1. The summed E-state index contributed by atoms with van der Waals surface area (Å²) in [6, 6.07) is 7.19. The standard InChI is InChI=1S/C13H18ClNO2/c1-9(16)10-6-4-5-7-11(10)15-12(17)13(2,3)8-14/h4-7,9,16H,8H2,1-3H3,(H,15,17). The molecular formula is C13H18ClNO2. The molecule has 0 saturated heterocycles. The van der Waals surface area contributed by atoms with Gasteiger partial charge < -0.3 is 10.4 Å². The SMILES string of the molecule is CC(O)c1ccccc1NC(=O)C(C)(C)CCl. The molecule has 3 nitrogen and oxygen atoms in total. The molecule has 1 rings (SSSR count). The van der Waals surface area contributed by atoms with E-state index in [2.05, 4.69) is 5.32 Å². The van der Waals surface area contributed by atoms with Gasteiger partial charge in [0.15, 0.2) is 0 Å². The first-order valence-corrected chi connectivity index (χ1v) is 6.06. The number of alkyl halides is 1. The van der Waals surface area contributed by atoms with Crippen LogP contribution in [0, 0.1) is 5.41 Å². The van der Waals surface area contributed by atoms with Crippen molar-refractivity contribution < 1.29 is 9.90 Å². The van der Waals surface area contributed by atoms with Gasteiger partial charge in [0.25, 0.3) is 0 Å². The molecule has 0 fully saturated rings. The number of halogens is 1. The van der Waals surface area contributed by atoms with Gasteiger partial charge in [0.05, 0.1) is 11.5 Å². The predicted molar refractivity (Wildman–Crippen MR) is 70.2 cm³/mol. The van der Waals surface area contributed by atoms with E-state index in [9.17, 15) is 9.90 Å². The monoisotopic (exact) mass is 255 g/mol. The maximum Gasteiger partial charge on any atom is 0.231 e. The van der Waals surface area contributed by atoms with Gasteiger partial charge in [-0.3, -0.25) is 4.79 Å². The summed E-state index contributed by atoms with van der Waals surface area (Å²) in [5, 5.41) is 12.4. The zero-order valence-electron chi connectivity index (χ0n) is 10.3. The number of hydrogen-bond donors (Lipinski definition) is 2. The summed E-state index contributed by atoms with van der Waals surface area (Å²) in [6.07, 6.45) is -0.620. The summed E-state index contributed by atoms with van der Waals surface area (Å²) >= 11 is 5.75. The van der Waals surface area contributed by atoms with Gasteiger partial charge in [0.2, 0.25) is 5.91 Å². The lowest BCUT2D eigenvalue weighted by atomic mass is 9.95. The van der Waals surface area contributed by atoms with E-state index in [1.165, 1.54) is 0 Å². The first kappa shape index (κ1) is 14.0. The Morgan fingerprint density at radius 3 is 2.59 bits per heavy atom. The number of amides is 1. The minimum absolute atomic E-state index is 0.152. The molecule has 0 heterocycles. The Morgan fingerprint density at radius 1 is 1.47 bits per heavy atom. The Bertz CT molecular complexity index is 402. The molecule has 0 radical (unpaired) electrons. The molecule has 1 amide bonds. The minimum Gasteiger partial charge on any atom is -0.389 e. The summed E-state index contributed by atoms with van der Waals surface area (Å²) in [6.45, 7) is 5.22. The molecule has 4 heteroatoms. The van der Waals surface area contributed by atoms with Crippen molar-refractivity contribution in [1.82, 2.24) is 0 Å². The third kappa shape index (κ3) is 3.45. The number of rotatable bonds is 4. The van der Waals surface area contributed by atoms with Gasteiger partial charge in [-0.05, 0) is 26.8 Å². The fourth-order valence-corrected chi connectivity index (χ4v) is 1.45. The molecule has 1 aromatic rings. The quantitative estimate of drug-likeness (QED) is 0.813. The van der Waals surface area contributed by atoms with Crippen molar-refractivity contribution in [1.29, 1.82) is 0 Å².